The maximum absolute atomic E-state index is 8.46. The lowest BCUT2D eigenvalue weighted by Gasteiger charge is -2.16. The van der Waals surface area contributed by atoms with E-state index in [9.17, 15) is 0 Å². The van der Waals surface area contributed by atoms with E-state index in [4.69, 9.17) is 5.26 Å². The Kier molecular flexibility index (Phi) is 3.41. The van der Waals surface area contributed by atoms with Crippen molar-refractivity contribution in [1.82, 2.24) is 9.97 Å². The van der Waals surface area contributed by atoms with Gasteiger partial charge in [0.15, 0.2) is 0 Å². The van der Waals surface area contributed by atoms with Crippen LogP contribution in [0.5, 0.6) is 0 Å². The molecule has 0 bridgehead atoms. The number of rotatable bonds is 3. The standard InChI is InChI=1S/C10H14N4/c1-8-7-10(13-9(2)12-8)14(3)6-4-5-11/h7H,4,6H2,1-3H3. The number of hydrogen-bond donors (Lipinski definition) is 0. The fourth-order valence-corrected chi connectivity index (χ4v) is 1.23. The third-order valence-electron chi connectivity index (χ3n) is 1.90. The molecule has 0 aliphatic carbocycles. The summed E-state index contributed by atoms with van der Waals surface area (Å²) in [5.41, 5.74) is 0.955. The summed E-state index contributed by atoms with van der Waals surface area (Å²) in [6.07, 6.45) is 0.512. The topological polar surface area (TPSA) is 52.8 Å². The van der Waals surface area contributed by atoms with Crippen molar-refractivity contribution in [3.8, 4) is 6.07 Å². The van der Waals surface area contributed by atoms with Crippen molar-refractivity contribution >= 4 is 5.82 Å². The van der Waals surface area contributed by atoms with Crippen molar-refractivity contribution in [2.75, 3.05) is 18.5 Å². The quantitative estimate of drug-likeness (QED) is 0.723. The molecule has 0 aliphatic heterocycles. The Balaban J connectivity index is 2.79. The number of anilines is 1. The molecule has 0 saturated carbocycles. The highest BCUT2D eigenvalue weighted by molar-refractivity contribution is 5.38. The normalized spacial score (nSPS) is 9.57. The number of hydrogen-bond acceptors (Lipinski definition) is 4. The van der Waals surface area contributed by atoms with Gasteiger partial charge in [0.1, 0.15) is 11.6 Å². The predicted octanol–water partition coefficient (Wildman–Crippen LogP) is 1.44. The van der Waals surface area contributed by atoms with Gasteiger partial charge in [0.25, 0.3) is 0 Å². The van der Waals surface area contributed by atoms with Crippen molar-refractivity contribution in [3.05, 3.63) is 17.6 Å². The van der Waals surface area contributed by atoms with Gasteiger partial charge in [0, 0.05) is 25.4 Å². The summed E-state index contributed by atoms with van der Waals surface area (Å²) in [7, 11) is 1.93. The first-order valence-electron chi connectivity index (χ1n) is 4.54. The van der Waals surface area contributed by atoms with E-state index in [1.165, 1.54) is 0 Å². The van der Waals surface area contributed by atoms with Crippen LogP contribution in [0.4, 0.5) is 5.82 Å². The van der Waals surface area contributed by atoms with Gasteiger partial charge in [-0.15, -0.1) is 0 Å². The van der Waals surface area contributed by atoms with E-state index in [1.54, 1.807) is 0 Å². The summed E-state index contributed by atoms with van der Waals surface area (Å²) in [6, 6.07) is 4.03. The first-order valence-corrected chi connectivity index (χ1v) is 4.54. The van der Waals surface area contributed by atoms with Crippen LogP contribution in [0.25, 0.3) is 0 Å². The Hall–Kier alpha value is -1.63. The molecule has 0 unspecified atom stereocenters. The molecule has 4 heteroatoms. The smallest absolute Gasteiger partial charge is 0.132 e. The largest absolute Gasteiger partial charge is 0.359 e. The molecule has 0 aromatic carbocycles. The summed E-state index contributed by atoms with van der Waals surface area (Å²) >= 11 is 0. The van der Waals surface area contributed by atoms with Crippen molar-refractivity contribution in [2.24, 2.45) is 0 Å². The molecule has 0 fully saturated rings. The fraction of sp³-hybridized carbons (Fsp3) is 0.500. The van der Waals surface area contributed by atoms with Crippen LogP contribution in [0, 0.1) is 25.2 Å². The van der Waals surface area contributed by atoms with Gasteiger partial charge in [-0.25, -0.2) is 9.97 Å². The fourth-order valence-electron chi connectivity index (χ4n) is 1.23. The van der Waals surface area contributed by atoms with Gasteiger partial charge in [-0.05, 0) is 13.8 Å². The zero-order valence-corrected chi connectivity index (χ0v) is 8.78. The van der Waals surface area contributed by atoms with Crippen LogP contribution < -0.4 is 4.90 Å². The SMILES string of the molecule is Cc1cc(N(C)CCC#N)nc(C)n1. The summed E-state index contributed by atoms with van der Waals surface area (Å²) in [6.45, 7) is 4.51. The Morgan fingerprint density at radius 2 is 2.14 bits per heavy atom. The van der Waals surface area contributed by atoms with Crippen molar-refractivity contribution in [3.63, 3.8) is 0 Å². The summed E-state index contributed by atoms with van der Waals surface area (Å²) in [5.74, 6) is 1.65. The molecule has 4 nitrogen and oxygen atoms in total. The lowest BCUT2D eigenvalue weighted by Crippen LogP contribution is -2.20. The summed E-state index contributed by atoms with van der Waals surface area (Å²) in [4.78, 5) is 10.4. The van der Waals surface area contributed by atoms with Crippen LogP contribution in [-0.4, -0.2) is 23.6 Å². The molecule has 14 heavy (non-hydrogen) atoms. The van der Waals surface area contributed by atoms with Gasteiger partial charge in [0.2, 0.25) is 0 Å². The summed E-state index contributed by atoms with van der Waals surface area (Å²) in [5, 5.41) is 8.46. The van der Waals surface area contributed by atoms with E-state index in [1.807, 2.05) is 31.9 Å². The lowest BCUT2D eigenvalue weighted by atomic mass is 10.3. The van der Waals surface area contributed by atoms with Crippen LogP contribution >= 0.6 is 0 Å². The number of aryl methyl sites for hydroxylation is 2. The van der Waals surface area contributed by atoms with Gasteiger partial charge < -0.3 is 4.90 Å². The van der Waals surface area contributed by atoms with E-state index in [0.29, 0.717) is 13.0 Å². The molecular formula is C10H14N4. The second kappa shape index (κ2) is 4.56. The Labute approximate surface area is 84.2 Å². The number of nitrogens with zero attached hydrogens (tertiary/aromatic N) is 4. The second-order valence-corrected chi connectivity index (χ2v) is 3.24. The highest BCUT2D eigenvalue weighted by atomic mass is 15.2. The molecule has 1 heterocycles. The van der Waals surface area contributed by atoms with Crippen molar-refractivity contribution in [2.45, 2.75) is 20.3 Å². The molecule has 0 spiro atoms. The third-order valence-corrected chi connectivity index (χ3v) is 1.90. The van der Waals surface area contributed by atoms with Crippen LogP contribution in [0.1, 0.15) is 17.9 Å². The molecule has 0 atom stereocenters. The van der Waals surface area contributed by atoms with E-state index in [2.05, 4.69) is 16.0 Å². The van der Waals surface area contributed by atoms with E-state index in [-0.39, 0.29) is 0 Å². The highest BCUT2D eigenvalue weighted by Crippen LogP contribution is 2.10. The molecule has 1 aromatic rings. The Bertz CT molecular complexity index is 333. The average molecular weight is 190 g/mol. The zero-order chi connectivity index (χ0) is 10.6. The molecule has 74 valence electrons. The molecule has 0 radical (unpaired) electrons. The van der Waals surface area contributed by atoms with Gasteiger partial charge >= 0.3 is 0 Å². The second-order valence-electron chi connectivity index (χ2n) is 3.24. The lowest BCUT2D eigenvalue weighted by molar-refractivity contribution is 0.864. The number of aromatic nitrogens is 2. The monoisotopic (exact) mass is 190 g/mol. The highest BCUT2D eigenvalue weighted by Gasteiger charge is 2.03. The maximum atomic E-state index is 8.46. The Morgan fingerprint density at radius 3 is 2.71 bits per heavy atom. The molecule has 1 aromatic heterocycles. The zero-order valence-electron chi connectivity index (χ0n) is 8.78. The van der Waals surface area contributed by atoms with E-state index >= 15 is 0 Å². The first kappa shape index (κ1) is 10.5. The molecular weight excluding hydrogens is 176 g/mol. The average Bonchev–Trinajstić information content (AvgIpc) is 2.12. The number of nitriles is 1. The van der Waals surface area contributed by atoms with Crippen LogP contribution in [0.3, 0.4) is 0 Å². The predicted molar refractivity (Wildman–Crippen MR) is 55.0 cm³/mol. The van der Waals surface area contributed by atoms with Crippen LogP contribution in [0.2, 0.25) is 0 Å². The minimum atomic E-state index is 0.512. The molecule has 0 saturated heterocycles. The Morgan fingerprint density at radius 1 is 1.43 bits per heavy atom. The van der Waals surface area contributed by atoms with Crippen molar-refractivity contribution in [1.29, 1.82) is 5.26 Å². The van der Waals surface area contributed by atoms with Crippen LogP contribution in [0.15, 0.2) is 6.07 Å². The maximum Gasteiger partial charge on any atom is 0.132 e. The molecule has 0 aliphatic rings. The van der Waals surface area contributed by atoms with E-state index < -0.39 is 0 Å². The third kappa shape index (κ3) is 2.70. The molecule has 1 rings (SSSR count). The van der Waals surface area contributed by atoms with Gasteiger partial charge in [-0.1, -0.05) is 0 Å². The molecule has 0 N–H and O–H groups in total. The van der Waals surface area contributed by atoms with Crippen LogP contribution in [-0.2, 0) is 0 Å². The summed E-state index contributed by atoms with van der Waals surface area (Å²) < 4.78 is 0. The van der Waals surface area contributed by atoms with Gasteiger partial charge in [-0.2, -0.15) is 5.26 Å². The van der Waals surface area contributed by atoms with E-state index in [0.717, 1.165) is 17.3 Å². The molecule has 0 amide bonds. The van der Waals surface area contributed by atoms with Gasteiger partial charge in [-0.3, -0.25) is 0 Å². The minimum absolute atomic E-state index is 0.512. The van der Waals surface area contributed by atoms with Gasteiger partial charge in [0.05, 0.1) is 12.5 Å². The first-order chi connectivity index (χ1) is 6.63. The minimum Gasteiger partial charge on any atom is -0.359 e. The van der Waals surface area contributed by atoms with Crippen molar-refractivity contribution < 1.29 is 0 Å².